The van der Waals surface area contributed by atoms with Crippen molar-refractivity contribution in [2.24, 2.45) is 0 Å². The first-order valence-corrected chi connectivity index (χ1v) is 8.01. The van der Waals surface area contributed by atoms with E-state index in [4.69, 9.17) is 4.74 Å². The Labute approximate surface area is 138 Å². The van der Waals surface area contributed by atoms with E-state index in [0.29, 0.717) is 18.7 Å². The zero-order valence-electron chi connectivity index (χ0n) is 14.5. The van der Waals surface area contributed by atoms with E-state index in [9.17, 15) is 9.59 Å². The van der Waals surface area contributed by atoms with E-state index in [1.54, 1.807) is 17.0 Å². The second-order valence-corrected chi connectivity index (χ2v) is 7.09. The number of ether oxygens (including phenoxy) is 1. The van der Waals surface area contributed by atoms with Crippen LogP contribution in [0.3, 0.4) is 0 Å². The van der Waals surface area contributed by atoms with Crippen molar-refractivity contribution in [1.82, 2.24) is 9.80 Å². The van der Waals surface area contributed by atoms with Crippen LogP contribution in [0.25, 0.3) is 0 Å². The molecule has 0 spiro atoms. The smallest absolute Gasteiger partial charge is 0.338 e. The van der Waals surface area contributed by atoms with Gasteiger partial charge in [0.15, 0.2) is 6.61 Å². The zero-order valence-corrected chi connectivity index (χ0v) is 14.5. The summed E-state index contributed by atoms with van der Waals surface area (Å²) in [5.41, 5.74) is 1.67. The fraction of sp³-hybridized carbons (Fsp3) is 0.556. The van der Waals surface area contributed by atoms with Crippen LogP contribution in [0, 0.1) is 0 Å². The molecule has 0 radical (unpaired) electrons. The van der Waals surface area contributed by atoms with E-state index in [1.165, 1.54) is 0 Å². The molecule has 0 aliphatic carbocycles. The minimum atomic E-state index is -0.451. The molecule has 0 saturated carbocycles. The number of carbonyl (C=O) groups is 2. The van der Waals surface area contributed by atoms with Crippen LogP contribution >= 0.6 is 0 Å². The van der Waals surface area contributed by atoms with Crippen LogP contribution in [0.2, 0.25) is 0 Å². The van der Waals surface area contributed by atoms with Crippen LogP contribution in [-0.4, -0.2) is 61.5 Å². The van der Waals surface area contributed by atoms with Crippen molar-refractivity contribution in [1.29, 1.82) is 0 Å². The normalized spacial score (nSPS) is 16.3. The third-order valence-electron chi connectivity index (χ3n) is 4.17. The van der Waals surface area contributed by atoms with Gasteiger partial charge in [-0.05, 0) is 30.2 Å². The highest BCUT2D eigenvalue weighted by molar-refractivity contribution is 5.91. The van der Waals surface area contributed by atoms with E-state index < -0.39 is 5.97 Å². The molecule has 0 aromatic heterocycles. The molecule has 126 valence electrons. The van der Waals surface area contributed by atoms with E-state index in [0.717, 1.165) is 18.7 Å². The van der Waals surface area contributed by atoms with Crippen molar-refractivity contribution < 1.29 is 14.3 Å². The molecule has 1 aromatic carbocycles. The van der Waals surface area contributed by atoms with Gasteiger partial charge in [-0.1, -0.05) is 32.9 Å². The fourth-order valence-corrected chi connectivity index (χ4v) is 2.46. The number of likely N-dealkylation sites (N-methyl/N-ethyl adjacent to an activating group) is 1. The molecule has 0 bridgehead atoms. The average molecular weight is 318 g/mol. The molecule has 0 N–H and O–H groups in total. The van der Waals surface area contributed by atoms with Gasteiger partial charge in [-0.2, -0.15) is 0 Å². The Kier molecular flexibility index (Phi) is 5.42. The van der Waals surface area contributed by atoms with Gasteiger partial charge < -0.3 is 14.5 Å². The highest BCUT2D eigenvalue weighted by atomic mass is 16.5. The Bertz CT molecular complexity index is 553. The van der Waals surface area contributed by atoms with E-state index >= 15 is 0 Å². The van der Waals surface area contributed by atoms with E-state index in [1.807, 2.05) is 19.2 Å². The third kappa shape index (κ3) is 4.79. The van der Waals surface area contributed by atoms with Gasteiger partial charge in [0.25, 0.3) is 5.91 Å². The maximum absolute atomic E-state index is 12.1. The molecule has 23 heavy (non-hydrogen) atoms. The summed E-state index contributed by atoms with van der Waals surface area (Å²) >= 11 is 0. The maximum atomic E-state index is 12.1. The summed E-state index contributed by atoms with van der Waals surface area (Å²) < 4.78 is 5.15. The molecule has 1 saturated heterocycles. The minimum absolute atomic E-state index is 0.0415. The van der Waals surface area contributed by atoms with E-state index in [2.05, 4.69) is 25.7 Å². The molecule has 5 nitrogen and oxygen atoms in total. The number of esters is 1. The summed E-state index contributed by atoms with van der Waals surface area (Å²) in [5.74, 6) is -0.578. The number of piperazine rings is 1. The lowest BCUT2D eigenvalue weighted by atomic mass is 9.87. The molecule has 1 aliphatic heterocycles. The summed E-state index contributed by atoms with van der Waals surface area (Å²) in [6.07, 6.45) is 0. The molecular weight excluding hydrogens is 292 g/mol. The van der Waals surface area contributed by atoms with Crippen molar-refractivity contribution in [3.8, 4) is 0 Å². The third-order valence-corrected chi connectivity index (χ3v) is 4.17. The van der Waals surface area contributed by atoms with Crippen molar-refractivity contribution in [2.45, 2.75) is 26.2 Å². The number of hydrogen-bond donors (Lipinski definition) is 0. The van der Waals surface area contributed by atoms with Gasteiger partial charge in [-0.25, -0.2) is 4.79 Å². The predicted molar refractivity (Wildman–Crippen MR) is 89.5 cm³/mol. The molecule has 0 unspecified atom stereocenters. The molecule has 1 heterocycles. The number of amides is 1. The second kappa shape index (κ2) is 7.13. The Hall–Kier alpha value is -1.88. The minimum Gasteiger partial charge on any atom is -0.452 e. The largest absolute Gasteiger partial charge is 0.452 e. The summed E-state index contributed by atoms with van der Waals surface area (Å²) in [7, 11) is 2.03. The lowest BCUT2D eigenvalue weighted by molar-refractivity contribution is -0.136. The van der Waals surface area contributed by atoms with E-state index in [-0.39, 0.29) is 17.9 Å². The lowest BCUT2D eigenvalue weighted by Crippen LogP contribution is -2.48. The van der Waals surface area contributed by atoms with Gasteiger partial charge in [-0.15, -0.1) is 0 Å². The molecule has 2 rings (SSSR count). The highest BCUT2D eigenvalue weighted by Crippen LogP contribution is 2.22. The topological polar surface area (TPSA) is 49.9 Å². The number of hydrogen-bond acceptors (Lipinski definition) is 4. The van der Waals surface area contributed by atoms with Gasteiger partial charge in [0, 0.05) is 26.2 Å². The zero-order chi connectivity index (χ0) is 17.0. The number of nitrogens with zero attached hydrogens (tertiary/aromatic N) is 2. The van der Waals surface area contributed by atoms with Crippen molar-refractivity contribution in [3.05, 3.63) is 35.4 Å². The number of carbonyl (C=O) groups excluding carboxylic acids is 2. The SMILES string of the molecule is CN1CCN(C(=O)COC(=O)c2ccc(C(C)(C)C)cc2)CC1. The summed E-state index contributed by atoms with van der Waals surface area (Å²) in [5, 5.41) is 0. The lowest BCUT2D eigenvalue weighted by Gasteiger charge is -2.32. The molecular formula is C18H26N2O3. The van der Waals surface area contributed by atoms with Gasteiger partial charge in [0.05, 0.1) is 5.56 Å². The van der Waals surface area contributed by atoms with Crippen molar-refractivity contribution in [3.63, 3.8) is 0 Å². The monoisotopic (exact) mass is 318 g/mol. The van der Waals surface area contributed by atoms with Gasteiger partial charge in [0.1, 0.15) is 0 Å². The first kappa shape index (κ1) is 17.5. The first-order chi connectivity index (χ1) is 10.8. The molecule has 5 heteroatoms. The molecule has 1 fully saturated rings. The Morgan fingerprint density at radius 2 is 1.61 bits per heavy atom. The fourth-order valence-electron chi connectivity index (χ4n) is 2.46. The Balaban J connectivity index is 1.86. The molecule has 1 amide bonds. The standard InChI is InChI=1S/C18H26N2O3/c1-18(2,3)15-7-5-14(6-8-15)17(22)23-13-16(21)20-11-9-19(4)10-12-20/h5-8H,9-13H2,1-4H3. The van der Waals surface area contributed by atoms with Crippen LogP contribution in [-0.2, 0) is 14.9 Å². The summed E-state index contributed by atoms with van der Waals surface area (Å²) in [6.45, 7) is 9.25. The highest BCUT2D eigenvalue weighted by Gasteiger charge is 2.20. The van der Waals surface area contributed by atoms with Crippen LogP contribution < -0.4 is 0 Å². The first-order valence-electron chi connectivity index (χ1n) is 8.01. The average Bonchev–Trinajstić information content (AvgIpc) is 2.52. The molecule has 0 atom stereocenters. The van der Waals surface area contributed by atoms with Crippen LogP contribution in [0.5, 0.6) is 0 Å². The Morgan fingerprint density at radius 3 is 2.13 bits per heavy atom. The number of rotatable bonds is 3. The number of benzene rings is 1. The van der Waals surface area contributed by atoms with Gasteiger partial charge in [0.2, 0.25) is 0 Å². The Morgan fingerprint density at radius 1 is 1.04 bits per heavy atom. The van der Waals surface area contributed by atoms with Crippen molar-refractivity contribution in [2.75, 3.05) is 39.8 Å². The molecule has 1 aliphatic rings. The second-order valence-electron chi connectivity index (χ2n) is 7.09. The van der Waals surface area contributed by atoms with Crippen LogP contribution in [0.4, 0.5) is 0 Å². The van der Waals surface area contributed by atoms with Crippen LogP contribution in [0.1, 0.15) is 36.7 Å². The predicted octanol–water partition coefficient (Wildman–Crippen LogP) is 1.91. The quantitative estimate of drug-likeness (QED) is 0.799. The van der Waals surface area contributed by atoms with Gasteiger partial charge >= 0.3 is 5.97 Å². The van der Waals surface area contributed by atoms with Crippen LogP contribution in [0.15, 0.2) is 24.3 Å². The van der Waals surface area contributed by atoms with Gasteiger partial charge in [-0.3, -0.25) is 4.79 Å². The maximum Gasteiger partial charge on any atom is 0.338 e. The molecule has 1 aromatic rings. The summed E-state index contributed by atoms with van der Waals surface area (Å²) in [4.78, 5) is 28.0. The van der Waals surface area contributed by atoms with Crippen molar-refractivity contribution >= 4 is 11.9 Å². The summed E-state index contributed by atoms with van der Waals surface area (Å²) in [6, 6.07) is 7.37.